The third kappa shape index (κ3) is 3.20. The molecule has 108 valence electrons. The van der Waals surface area contributed by atoms with Crippen molar-refractivity contribution in [2.24, 2.45) is 12.8 Å². The van der Waals surface area contributed by atoms with Crippen LogP contribution in [0.2, 0.25) is 0 Å². The van der Waals surface area contributed by atoms with Gasteiger partial charge >= 0.3 is 0 Å². The van der Waals surface area contributed by atoms with Gasteiger partial charge in [-0.3, -0.25) is 0 Å². The topological polar surface area (TPSA) is 88.1 Å². The number of nitrogens with zero attached hydrogens (tertiary/aromatic N) is 4. The Morgan fingerprint density at radius 3 is 2.75 bits per heavy atom. The molecule has 0 aliphatic carbocycles. The zero-order valence-corrected chi connectivity index (χ0v) is 12.4. The largest absolute Gasteiger partial charge is 0.497 e. The maximum absolute atomic E-state index is 6.21. The number of ether oxygens (including phenoxy) is 2. The molecule has 1 aromatic heterocycles. The minimum absolute atomic E-state index is 0.183. The lowest BCUT2D eigenvalue weighted by Gasteiger charge is -2.15. The molecule has 2 rings (SSSR count). The second kappa shape index (κ2) is 6.58. The van der Waals surface area contributed by atoms with E-state index in [0.29, 0.717) is 11.5 Å². The van der Waals surface area contributed by atoms with Gasteiger partial charge in [-0.2, -0.15) is 0 Å². The molecule has 0 saturated carbocycles. The molecule has 2 N–H and O–H groups in total. The van der Waals surface area contributed by atoms with E-state index in [1.54, 1.807) is 25.9 Å². The van der Waals surface area contributed by atoms with Crippen molar-refractivity contribution in [3.05, 3.63) is 23.8 Å². The molecule has 0 radical (unpaired) electrons. The zero-order valence-electron chi connectivity index (χ0n) is 11.6. The molecule has 0 fully saturated rings. The van der Waals surface area contributed by atoms with Crippen LogP contribution in [0.25, 0.3) is 0 Å². The third-order valence-electron chi connectivity index (χ3n) is 2.81. The number of methoxy groups -OCH3 is 2. The van der Waals surface area contributed by atoms with Crippen LogP contribution < -0.4 is 15.2 Å². The van der Waals surface area contributed by atoms with Gasteiger partial charge < -0.3 is 15.2 Å². The van der Waals surface area contributed by atoms with Crippen LogP contribution in [-0.4, -0.2) is 40.2 Å². The van der Waals surface area contributed by atoms with Gasteiger partial charge in [0.2, 0.25) is 5.16 Å². The summed E-state index contributed by atoms with van der Waals surface area (Å²) >= 11 is 1.50. The molecule has 0 spiro atoms. The fourth-order valence-corrected chi connectivity index (χ4v) is 2.55. The van der Waals surface area contributed by atoms with Gasteiger partial charge in [-0.15, -0.1) is 5.10 Å². The number of hydrogen-bond donors (Lipinski definition) is 1. The van der Waals surface area contributed by atoms with Gasteiger partial charge in [0.05, 0.1) is 14.2 Å². The molecule has 7 nitrogen and oxygen atoms in total. The van der Waals surface area contributed by atoms with Crippen LogP contribution in [0.15, 0.2) is 23.4 Å². The van der Waals surface area contributed by atoms with Crippen LogP contribution in [0, 0.1) is 0 Å². The van der Waals surface area contributed by atoms with Crippen LogP contribution in [0.1, 0.15) is 11.6 Å². The van der Waals surface area contributed by atoms with E-state index in [9.17, 15) is 0 Å². The average molecular weight is 295 g/mol. The maximum atomic E-state index is 6.21. The van der Waals surface area contributed by atoms with Crippen LogP contribution in [0.3, 0.4) is 0 Å². The highest BCUT2D eigenvalue weighted by Gasteiger charge is 2.15. The van der Waals surface area contributed by atoms with Crippen LogP contribution in [-0.2, 0) is 7.05 Å². The molecule has 8 heteroatoms. The summed E-state index contributed by atoms with van der Waals surface area (Å²) in [5, 5.41) is 12.0. The predicted octanol–water partition coefficient (Wildman–Crippen LogP) is 1.02. The number of thioether (sulfide) groups is 1. The summed E-state index contributed by atoms with van der Waals surface area (Å²) in [7, 11) is 5.03. The Balaban J connectivity index is 2.08. The molecule has 20 heavy (non-hydrogen) atoms. The number of aromatic nitrogens is 4. The predicted molar refractivity (Wildman–Crippen MR) is 76.0 cm³/mol. The van der Waals surface area contributed by atoms with E-state index in [2.05, 4.69) is 15.5 Å². The molecule has 0 bridgehead atoms. The quantitative estimate of drug-likeness (QED) is 0.796. The SMILES string of the molecule is COc1ccc(C(N)CSc2nnnn2C)c(OC)c1. The summed E-state index contributed by atoms with van der Waals surface area (Å²) < 4.78 is 12.1. The van der Waals surface area contributed by atoms with E-state index in [0.717, 1.165) is 16.5 Å². The molecular weight excluding hydrogens is 278 g/mol. The summed E-state index contributed by atoms with van der Waals surface area (Å²) in [5.41, 5.74) is 7.14. The van der Waals surface area contributed by atoms with Gasteiger partial charge in [-0.25, -0.2) is 4.68 Å². The first kappa shape index (κ1) is 14.6. The highest BCUT2D eigenvalue weighted by atomic mass is 32.2. The Kier molecular flexibility index (Phi) is 4.80. The second-order valence-electron chi connectivity index (χ2n) is 4.11. The minimum atomic E-state index is -0.183. The number of rotatable bonds is 6. The lowest BCUT2D eigenvalue weighted by atomic mass is 10.1. The molecule has 1 heterocycles. The monoisotopic (exact) mass is 295 g/mol. The Morgan fingerprint density at radius 2 is 2.15 bits per heavy atom. The maximum Gasteiger partial charge on any atom is 0.209 e. The normalized spacial score (nSPS) is 12.2. The van der Waals surface area contributed by atoms with E-state index in [4.69, 9.17) is 15.2 Å². The van der Waals surface area contributed by atoms with Gasteiger partial charge in [0.15, 0.2) is 0 Å². The first-order valence-electron chi connectivity index (χ1n) is 5.98. The molecule has 1 atom stereocenters. The highest BCUT2D eigenvalue weighted by molar-refractivity contribution is 7.99. The average Bonchev–Trinajstić information content (AvgIpc) is 2.89. The van der Waals surface area contributed by atoms with Crippen LogP contribution in [0.5, 0.6) is 11.5 Å². The van der Waals surface area contributed by atoms with Crippen molar-refractivity contribution in [2.45, 2.75) is 11.2 Å². The number of hydrogen-bond acceptors (Lipinski definition) is 7. The Morgan fingerprint density at radius 1 is 1.35 bits per heavy atom. The number of tetrazole rings is 1. The van der Waals surface area contributed by atoms with Crippen LogP contribution in [0.4, 0.5) is 0 Å². The summed E-state index contributed by atoms with van der Waals surface area (Å²) in [6, 6.07) is 5.42. The lowest BCUT2D eigenvalue weighted by Crippen LogP contribution is -2.14. The van der Waals surface area contributed by atoms with Gasteiger partial charge in [-0.1, -0.05) is 17.8 Å². The fourth-order valence-electron chi connectivity index (χ4n) is 1.72. The Bertz CT molecular complexity index is 575. The van der Waals surface area contributed by atoms with E-state index < -0.39 is 0 Å². The van der Waals surface area contributed by atoms with E-state index in [1.807, 2.05) is 18.2 Å². The smallest absolute Gasteiger partial charge is 0.209 e. The number of nitrogens with two attached hydrogens (primary N) is 1. The number of benzene rings is 1. The van der Waals surface area contributed by atoms with Crippen molar-refractivity contribution >= 4 is 11.8 Å². The van der Waals surface area contributed by atoms with Gasteiger partial charge in [-0.05, 0) is 16.5 Å². The van der Waals surface area contributed by atoms with E-state index in [1.165, 1.54) is 11.8 Å². The zero-order chi connectivity index (χ0) is 14.5. The highest BCUT2D eigenvalue weighted by Crippen LogP contribution is 2.30. The molecule has 0 aliphatic heterocycles. The third-order valence-corrected chi connectivity index (χ3v) is 3.94. The fraction of sp³-hybridized carbons (Fsp3) is 0.417. The molecule has 1 unspecified atom stereocenters. The Labute approximate surface area is 121 Å². The van der Waals surface area contributed by atoms with Crippen LogP contribution >= 0.6 is 11.8 Å². The molecule has 2 aromatic rings. The van der Waals surface area contributed by atoms with E-state index >= 15 is 0 Å². The van der Waals surface area contributed by atoms with Gasteiger partial charge in [0.1, 0.15) is 11.5 Å². The minimum Gasteiger partial charge on any atom is -0.497 e. The van der Waals surface area contributed by atoms with Crippen molar-refractivity contribution in [1.82, 2.24) is 20.2 Å². The molecule has 0 amide bonds. The molecule has 0 aliphatic rings. The summed E-state index contributed by atoms with van der Waals surface area (Å²) in [6.07, 6.45) is 0. The molecule has 0 saturated heterocycles. The summed E-state index contributed by atoms with van der Waals surface area (Å²) in [6.45, 7) is 0. The second-order valence-corrected chi connectivity index (χ2v) is 5.10. The first-order chi connectivity index (χ1) is 9.65. The van der Waals surface area contributed by atoms with Gasteiger partial charge in [0.25, 0.3) is 0 Å². The standard InChI is InChI=1S/C12H17N5O2S/c1-17-12(14-15-16-17)20-7-10(13)9-5-4-8(18-2)6-11(9)19-3/h4-6,10H,7,13H2,1-3H3. The van der Waals surface area contributed by atoms with E-state index in [-0.39, 0.29) is 6.04 Å². The van der Waals surface area contributed by atoms with Crippen molar-refractivity contribution in [3.63, 3.8) is 0 Å². The summed E-state index contributed by atoms with van der Waals surface area (Å²) in [4.78, 5) is 0. The lowest BCUT2D eigenvalue weighted by molar-refractivity contribution is 0.389. The first-order valence-corrected chi connectivity index (χ1v) is 6.97. The van der Waals surface area contributed by atoms with Crippen molar-refractivity contribution in [2.75, 3.05) is 20.0 Å². The molecule has 1 aromatic carbocycles. The van der Waals surface area contributed by atoms with Crippen molar-refractivity contribution in [1.29, 1.82) is 0 Å². The van der Waals surface area contributed by atoms with Crippen molar-refractivity contribution in [3.8, 4) is 11.5 Å². The molecular formula is C12H17N5O2S. The number of aryl methyl sites for hydroxylation is 1. The van der Waals surface area contributed by atoms with Crippen molar-refractivity contribution < 1.29 is 9.47 Å². The summed E-state index contributed by atoms with van der Waals surface area (Å²) in [5.74, 6) is 2.10. The van der Waals surface area contributed by atoms with Gasteiger partial charge in [0, 0.05) is 30.5 Å². The Hall–Kier alpha value is -1.80.